The highest BCUT2D eigenvalue weighted by atomic mass is 16.6. The molecule has 4 heteroatoms. The van der Waals surface area contributed by atoms with Crippen LogP contribution in [0, 0.1) is 10.1 Å². The number of nitrogens with zero attached hydrogens (tertiary/aromatic N) is 1. The predicted octanol–water partition coefficient (Wildman–Crippen LogP) is 4.14. The van der Waals surface area contributed by atoms with Gasteiger partial charge >= 0.3 is 0 Å². The van der Waals surface area contributed by atoms with Crippen LogP contribution in [0.1, 0.15) is 23.7 Å². The smallest absolute Gasteiger partial charge is 0.269 e. The molecule has 0 fully saturated rings. The van der Waals surface area contributed by atoms with Crippen LogP contribution in [0.15, 0.2) is 60.7 Å². The van der Waals surface area contributed by atoms with Crippen molar-refractivity contribution in [1.82, 2.24) is 0 Å². The van der Waals surface area contributed by atoms with Crippen molar-refractivity contribution in [1.29, 1.82) is 0 Å². The van der Waals surface area contributed by atoms with Crippen molar-refractivity contribution < 1.29 is 9.66 Å². The topological polar surface area (TPSA) is 52.4 Å². The fraction of sp³-hybridized carbons (Fsp3) is 0.176. The quantitative estimate of drug-likeness (QED) is 0.627. The van der Waals surface area contributed by atoms with Crippen molar-refractivity contribution >= 4 is 11.3 Å². The minimum atomic E-state index is -0.388. The van der Waals surface area contributed by atoms with Gasteiger partial charge in [0.1, 0.15) is 0 Å². The van der Waals surface area contributed by atoms with Gasteiger partial charge < -0.3 is 4.74 Å². The molecule has 0 aromatic heterocycles. The van der Waals surface area contributed by atoms with Gasteiger partial charge in [-0.05, 0) is 28.8 Å². The maximum atomic E-state index is 10.7. The van der Waals surface area contributed by atoms with E-state index in [0.29, 0.717) is 6.61 Å². The fourth-order valence-electron chi connectivity index (χ4n) is 2.52. The standard InChI is InChI=1S/C17H15NO3/c19-18(20)16-8-6-14(7-9-16)17-12-15(10-11-21-17)13-4-2-1-3-5-13/h1-10,17H,11-12H2. The van der Waals surface area contributed by atoms with Gasteiger partial charge in [0.05, 0.1) is 17.6 Å². The summed E-state index contributed by atoms with van der Waals surface area (Å²) < 4.78 is 5.77. The molecular weight excluding hydrogens is 266 g/mol. The second kappa shape index (κ2) is 5.89. The van der Waals surface area contributed by atoms with E-state index in [4.69, 9.17) is 4.74 Å². The molecule has 0 amide bonds. The molecule has 106 valence electrons. The highest BCUT2D eigenvalue weighted by molar-refractivity contribution is 5.66. The van der Waals surface area contributed by atoms with Crippen molar-refractivity contribution in [2.45, 2.75) is 12.5 Å². The summed E-state index contributed by atoms with van der Waals surface area (Å²) in [4.78, 5) is 10.3. The van der Waals surface area contributed by atoms with E-state index in [0.717, 1.165) is 12.0 Å². The summed E-state index contributed by atoms with van der Waals surface area (Å²) in [6.45, 7) is 0.561. The van der Waals surface area contributed by atoms with E-state index in [2.05, 4.69) is 18.2 Å². The average Bonchev–Trinajstić information content (AvgIpc) is 2.56. The maximum Gasteiger partial charge on any atom is 0.269 e. The van der Waals surface area contributed by atoms with Crippen LogP contribution in [0.4, 0.5) is 5.69 Å². The largest absolute Gasteiger partial charge is 0.369 e. The molecule has 0 saturated heterocycles. The van der Waals surface area contributed by atoms with Gasteiger partial charge in [0, 0.05) is 18.6 Å². The lowest BCUT2D eigenvalue weighted by molar-refractivity contribution is -0.384. The van der Waals surface area contributed by atoms with Crippen molar-refractivity contribution in [3.8, 4) is 0 Å². The molecule has 3 rings (SSSR count). The van der Waals surface area contributed by atoms with Crippen LogP contribution < -0.4 is 0 Å². The van der Waals surface area contributed by atoms with Crippen molar-refractivity contribution in [3.63, 3.8) is 0 Å². The molecule has 0 aliphatic carbocycles. The SMILES string of the molecule is O=[N+]([O-])c1ccc(C2CC(c3ccccc3)=CCO2)cc1. The first kappa shape index (κ1) is 13.5. The highest BCUT2D eigenvalue weighted by Crippen LogP contribution is 2.34. The van der Waals surface area contributed by atoms with Crippen LogP contribution in [-0.2, 0) is 4.74 Å². The number of nitro benzene ring substituents is 1. The molecule has 1 aliphatic heterocycles. The molecule has 1 unspecified atom stereocenters. The van der Waals surface area contributed by atoms with Crippen LogP contribution in [-0.4, -0.2) is 11.5 Å². The number of rotatable bonds is 3. The van der Waals surface area contributed by atoms with Gasteiger partial charge in [0.2, 0.25) is 0 Å². The maximum absolute atomic E-state index is 10.7. The van der Waals surface area contributed by atoms with Crippen molar-refractivity contribution in [2.75, 3.05) is 6.61 Å². The van der Waals surface area contributed by atoms with Crippen LogP contribution in [0.25, 0.3) is 5.57 Å². The Balaban J connectivity index is 1.79. The molecule has 1 atom stereocenters. The Bertz CT molecular complexity index is 662. The lowest BCUT2D eigenvalue weighted by Crippen LogP contribution is -2.11. The van der Waals surface area contributed by atoms with E-state index in [1.807, 2.05) is 18.2 Å². The van der Waals surface area contributed by atoms with Gasteiger partial charge in [-0.3, -0.25) is 10.1 Å². The van der Waals surface area contributed by atoms with E-state index in [1.54, 1.807) is 12.1 Å². The minimum Gasteiger partial charge on any atom is -0.369 e. The zero-order valence-corrected chi connectivity index (χ0v) is 11.4. The normalized spacial score (nSPS) is 18.1. The van der Waals surface area contributed by atoms with Crippen molar-refractivity contribution in [3.05, 3.63) is 81.9 Å². The van der Waals surface area contributed by atoms with Gasteiger partial charge in [0.25, 0.3) is 5.69 Å². The zero-order chi connectivity index (χ0) is 14.7. The van der Waals surface area contributed by atoms with Gasteiger partial charge in [-0.2, -0.15) is 0 Å². The summed E-state index contributed by atoms with van der Waals surface area (Å²) in [5.41, 5.74) is 3.54. The van der Waals surface area contributed by atoms with E-state index in [1.165, 1.54) is 23.3 Å². The molecule has 21 heavy (non-hydrogen) atoms. The third kappa shape index (κ3) is 3.01. The van der Waals surface area contributed by atoms with Crippen molar-refractivity contribution in [2.24, 2.45) is 0 Å². The predicted molar refractivity (Wildman–Crippen MR) is 80.8 cm³/mol. The lowest BCUT2D eigenvalue weighted by atomic mass is 9.94. The number of benzene rings is 2. The molecule has 1 aliphatic rings. The Kier molecular flexibility index (Phi) is 3.79. The number of hydrogen-bond donors (Lipinski definition) is 0. The number of ether oxygens (including phenoxy) is 1. The second-order valence-electron chi connectivity index (χ2n) is 4.97. The molecule has 1 heterocycles. The Hall–Kier alpha value is -2.46. The Morgan fingerprint density at radius 2 is 1.76 bits per heavy atom. The molecule has 2 aromatic rings. The molecular formula is C17H15NO3. The van der Waals surface area contributed by atoms with Gasteiger partial charge in [0.15, 0.2) is 0 Å². The molecule has 0 radical (unpaired) electrons. The first-order valence-corrected chi connectivity index (χ1v) is 6.84. The van der Waals surface area contributed by atoms with Crippen LogP contribution in [0.3, 0.4) is 0 Å². The third-order valence-corrected chi connectivity index (χ3v) is 3.65. The average molecular weight is 281 g/mol. The highest BCUT2D eigenvalue weighted by Gasteiger charge is 2.19. The van der Waals surface area contributed by atoms with Gasteiger partial charge in [-0.25, -0.2) is 0 Å². The molecule has 0 bridgehead atoms. The first-order valence-electron chi connectivity index (χ1n) is 6.84. The van der Waals surface area contributed by atoms with Crippen LogP contribution in [0.5, 0.6) is 0 Å². The minimum absolute atomic E-state index is 0.0500. The number of non-ortho nitro benzene ring substituents is 1. The summed E-state index contributed by atoms with van der Waals surface area (Å²) in [7, 11) is 0. The summed E-state index contributed by atoms with van der Waals surface area (Å²) in [6, 6.07) is 16.8. The van der Waals surface area contributed by atoms with Gasteiger partial charge in [-0.1, -0.05) is 36.4 Å². The van der Waals surface area contributed by atoms with E-state index in [-0.39, 0.29) is 16.7 Å². The Morgan fingerprint density at radius 3 is 2.43 bits per heavy atom. The monoisotopic (exact) mass is 281 g/mol. The molecule has 2 aromatic carbocycles. The van der Waals surface area contributed by atoms with E-state index >= 15 is 0 Å². The second-order valence-corrected chi connectivity index (χ2v) is 4.97. The van der Waals surface area contributed by atoms with Crippen LogP contribution >= 0.6 is 0 Å². The lowest BCUT2D eigenvalue weighted by Gasteiger charge is -2.24. The molecule has 0 N–H and O–H groups in total. The third-order valence-electron chi connectivity index (χ3n) is 3.65. The Labute approximate surface area is 122 Å². The van der Waals surface area contributed by atoms with E-state index in [9.17, 15) is 10.1 Å². The number of nitro groups is 1. The fourth-order valence-corrected chi connectivity index (χ4v) is 2.52. The molecule has 0 saturated carbocycles. The summed E-state index contributed by atoms with van der Waals surface area (Å²) in [5, 5.41) is 10.7. The molecule has 0 spiro atoms. The zero-order valence-electron chi connectivity index (χ0n) is 11.4. The Morgan fingerprint density at radius 1 is 1.05 bits per heavy atom. The van der Waals surface area contributed by atoms with E-state index < -0.39 is 0 Å². The summed E-state index contributed by atoms with van der Waals surface area (Å²) >= 11 is 0. The first-order chi connectivity index (χ1) is 10.2. The number of hydrogen-bond acceptors (Lipinski definition) is 3. The summed E-state index contributed by atoms with van der Waals surface area (Å²) in [6.07, 6.45) is 2.82. The molecule has 4 nitrogen and oxygen atoms in total. The summed E-state index contributed by atoms with van der Waals surface area (Å²) in [5.74, 6) is 0. The van der Waals surface area contributed by atoms with Crippen LogP contribution in [0.2, 0.25) is 0 Å². The van der Waals surface area contributed by atoms with Gasteiger partial charge in [-0.15, -0.1) is 0 Å².